The molecule has 3 heteroatoms. The first-order valence-corrected chi connectivity index (χ1v) is 5.53. The van der Waals surface area contributed by atoms with Crippen LogP contribution in [0.3, 0.4) is 0 Å². The molecule has 0 aliphatic carbocycles. The van der Waals surface area contributed by atoms with Crippen molar-refractivity contribution in [1.29, 1.82) is 0 Å². The third kappa shape index (κ3) is 2.74. The molecule has 0 saturated carbocycles. The molecule has 1 aromatic carbocycles. The van der Waals surface area contributed by atoms with Crippen LogP contribution in [0.2, 0.25) is 5.02 Å². The molecule has 0 radical (unpaired) electrons. The summed E-state index contributed by atoms with van der Waals surface area (Å²) in [6.07, 6.45) is 1.79. The average molecular weight is 233 g/mol. The number of pyridine rings is 1. The number of benzene rings is 1. The number of nitrogens with zero attached hydrogens (tertiary/aromatic N) is 1. The molecule has 0 aliphatic rings. The van der Waals surface area contributed by atoms with Crippen LogP contribution in [0.5, 0.6) is 0 Å². The summed E-state index contributed by atoms with van der Waals surface area (Å²) in [5.41, 5.74) is 2.34. The zero-order valence-electron chi connectivity index (χ0n) is 9.07. The van der Waals surface area contributed by atoms with Crippen molar-refractivity contribution >= 4 is 17.4 Å². The number of aromatic nitrogens is 1. The van der Waals surface area contributed by atoms with Crippen molar-refractivity contribution in [3.63, 3.8) is 0 Å². The molecule has 0 spiro atoms. The van der Waals surface area contributed by atoms with Crippen LogP contribution in [-0.2, 0) is 6.54 Å². The summed E-state index contributed by atoms with van der Waals surface area (Å²) in [6, 6.07) is 11.8. The summed E-state index contributed by atoms with van der Waals surface area (Å²) in [5, 5.41) is 4.06. The van der Waals surface area contributed by atoms with E-state index >= 15 is 0 Å². The normalized spacial score (nSPS) is 10.1. The van der Waals surface area contributed by atoms with Crippen molar-refractivity contribution in [3.8, 4) is 0 Å². The van der Waals surface area contributed by atoms with Gasteiger partial charge in [-0.25, -0.2) is 4.98 Å². The number of rotatable bonds is 3. The lowest BCUT2D eigenvalue weighted by Crippen LogP contribution is -2.02. The minimum atomic E-state index is 0.759. The van der Waals surface area contributed by atoms with Crippen molar-refractivity contribution < 1.29 is 0 Å². The summed E-state index contributed by atoms with van der Waals surface area (Å²) in [6.45, 7) is 2.80. The molecule has 2 nitrogen and oxygen atoms in total. The van der Waals surface area contributed by atoms with Crippen molar-refractivity contribution in [2.75, 3.05) is 5.32 Å². The number of aryl methyl sites for hydroxylation is 1. The largest absolute Gasteiger partial charge is 0.366 e. The first-order valence-electron chi connectivity index (χ1n) is 5.15. The summed E-state index contributed by atoms with van der Waals surface area (Å²) >= 11 is 5.82. The Balaban J connectivity index is 2.02. The van der Waals surface area contributed by atoms with E-state index in [9.17, 15) is 0 Å². The van der Waals surface area contributed by atoms with Gasteiger partial charge in [0, 0.05) is 17.8 Å². The molecule has 0 atom stereocenters. The first kappa shape index (κ1) is 11.0. The van der Waals surface area contributed by atoms with Gasteiger partial charge in [-0.05, 0) is 36.2 Å². The molecule has 0 bridgehead atoms. The molecule has 0 amide bonds. The molecular weight excluding hydrogens is 220 g/mol. The molecule has 0 unspecified atom stereocenters. The summed E-state index contributed by atoms with van der Waals surface area (Å²) < 4.78 is 0. The average Bonchev–Trinajstić information content (AvgIpc) is 2.30. The predicted molar refractivity (Wildman–Crippen MR) is 67.8 cm³/mol. The van der Waals surface area contributed by atoms with E-state index in [0.29, 0.717) is 0 Å². The van der Waals surface area contributed by atoms with Gasteiger partial charge in [-0.15, -0.1) is 0 Å². The van der Waals surface area contributed by atoms with Crippen LogP contribution in [-0.4, -0.2) is 4.98 Å². The Morgan fingerprint density at radius 3 is 2.62 bits per heavy atom. The van der Waals surface area contributed by atoms with E-state index < -0.39 is 0 Å². The number of hydrogen-bond donors (Lipinski definition) is 1. The van der Waals surface area contributed by atoms with E-state index in [4.69, 9.17) is 11.6 Å². The van der Waals surface area contributed by atoms with Crippen LogP contribution in [0.4, 0.5) is 5.82 Å². The van der Waals surface area contributed by atoms with Crippen molar-refractivity contribution in [3.05, 3.63) is 58.7 Å². The van der Waals surface area contributed by atoms with Crippen LogP contribution >= 0.6 is 11.6 Å². The maximum absolute atomic E-state index is 5.82. The number of halogens is 1. The molecule has 82 valence electrons. The summed E-state index contributed by atoms with van der Waals surface area (Å²) in [4.78, 5) is 4.27. The summed E-state index contributed by atoms with van der Waals surface area (Å²) in [7, 11) is 0. The van der Waals surface area contributed by atoms with Gasteiger partial charge in [0.2, 0.25) is 0 Å². The van der Waals surface area contributed by atoms with Crippen LogP contribution in [0.1, 0.15) is 11.1 Å². The van der Waals surface area contributed by atoms with Gasteiger partial charge in [-0.1, -0.05) is 29.8 Å². The van der Waals surface area contributed by atoms with E-state index in [2.05, 4.69) is 10.3 Å². The molecular formula is C13H13ClN2. The Hall–Kier alpha value is -1.54. The molecule has 0 fully saturated rings. The van der Waals surface area contributed by atoms with Gasteiger partial charge in [-0.3, -0.25) is 0 Å². The Labute approximate surface area is 100 Å². The van der Waals surface area contributed by atoms with Gasteiger partial charge in [0.05, 0.1) is 0 Å². The quantitative estimate of drug-likeness (QED) is 0.874. The molecule has 0 aliphatic heterocycles. The minimum Gasteiger partial charge on any atom is -0.366 e. The van der Waals surface area contributed by atoms with Gasteiger partial charge in [0.1, 0.15) is 5.82 Å². The standard InChI is InChI=1S/C13H13ClN2/c1-10-3-2-8-15-13(10)16-9-11-4-6-12(14)7-5-11/h2-8H,9H2,1H3,(H,15,16). The van der Waals surface area contributed by atoms with E-state index in [0.717, 1.165) is 22.9 Å². The van der Waals surface area contributed by atoms with Crippen molar-refractivity contribution in [2.45, 2.75) is 13.5 Å². The molecule has 1 heterocycles. The SMILES string of the molecule is Cc1cccnc1NCc1ccc(Cl)cc1. The van der Waals surface area contributed by atoms with Crippen LogP contribution in [0, 0.1) is 6.92 Å². The predicted octanol–water partition coefficient (Wildman–Crippen LogP) is 3.66. The van der Waals surface area contributed by atoms with Gasteiger partial charge in [0.25, 0.3) is 0 Å². The van der Waals surface area contributed by atoms with Crippen LogP contribution < -0.4 is 5.32 Å². The zero-order valence-corrected chi connectivity index (χ0v) is 9.83. The number of nitrogens with one attached hydrogen (secondary N) is 1. The molecule has 0 saturated heterocycles. The Morgan fingerprint density at radius 2 is 1.94 bits per heavy atom. The lowest BCUT2D eigenvalue weighted by molar-refractivity contribution is 1.10. The lowest BCUT2D eigenvalue weighted by atomic mass is 10.2. The number of anilines is 1. The van der Waals surface area contributed by atoms with Crippen molar-refractivity contribution in [2.24, 2.45) is 0 Å². The monoisotopic (exact) mass is 232 g/mol. The summed E-state index contributed by atoms with van der Waals surface area (Å²) in [5.74, 6) is 0.928. The van der Waals surface area contributed by atoms with E-state index in [-0.39, 0.29) is 0 Å². The van der Waals surface area contributed by atoms with Crippen LogP contribution in [0.25, 0.3) is 0 Å². The number of hydrogen-bond acceptors (Lipinski definition) is 2. The highest BCUT2D eigenvalue weighted by Gasteiger charge is 1.98. The fourth-order valence-corrected chi connectivity index (χ4v) is 1.58. The topological polar surface area (TPSA) is 24.9 Å². The third-order valence-electron chi connectivity index (χ3n) is 2.38. The second-order valence-corrected chi connectivity index (χ2v) is 4.09. The van der Waals surface area contributed by atoms with Crippen LogP contribution in [0.15, 0.2) is 42.6 Å². The smallest absolute Gasteiger partial charge is 0.129 e. The Kier molecular flexibility index (Phi) is 3.42. The van der Waals surface area contributed by atoms with Gasteiger partial charge >= 0.3 is 0 Å². The molecule has 1 N–H and O–H groups in total. The second-order valence-electron chi connectivity index (χ2n) is 3.65. The van der Waals surface area contributed by atoms with E-state index in [1.165, 1.54) is 5.56 Å². The highest BCUT2D eigenvalue weighted by Crippen LogP contribution is 2.13. The Morgan fingerprint density at radius 1 is 1.19 bits per heavy atom. The third-order valence-corrected chi connectivity index (χ3v) is 2.63. The first-order chi connectivity index (χ1) is 7.75. The zero-order chi connectivity index (χ0) is 11.4. The van der Waals surface area contributed by atoms with E-state index in [1.54, 1.807) is 6.20 Å². The van der Waals surface area contributed by atoms with Gasteiger partial charge in [-0.2, -0.15) is 0 Å². The molecule has 16 heavy (non-hydrogen) atoms. The fourth-order valence-electron chi connectivity index (χ4n) is 1.46. The Bertz CT molecular complexity index is 466. The lowest BCUT2D eigenvalue weighted by Gasteiger charge is -2.07. The van der Waals surface area contributed by atoms with Gasteiger partial charge in [0.15, 0.2) is 0 Å². The molecule has 2 aromatic rings. The fraction of sp³-hybridized carbons (Fsp3) is 0.154. The maximum atomic E-state index is 5.82. The van der Waals surface area contributed by atoms with Gasteiger partial charge < -0.3 is 5.32 Å². The highest BCUT2D eigenvalue weighted by atomic mass is 35.5. The maximum Gasteiger partial charge on any atom is 0.129 e. The van der Waals surface area contributed by atoms with Crippen molar-refractivity contribution in [1.82, 2.24) is 4.98 Å². The van der Waals surface area contributed by atoms with E-state index in [1.807, 2.05) is 43.3 Å². The highest BCUT2D eigenvalue weighted by molar-refractivity contribution is 6.30. The minimum absolute atomic E-state index is 0.759. The molecule has 2 rings (SSSR count). The molecule has 1 aromatic heterocycles. The second kappa shape index (κ2) is 4.99.